The summed E-state index contributed by atoms with van der Waals surface area (Å²) >= 11 is 0. The Labute approximate surface area is 105 Å². The summed E-state index contributed by atoms with van der Waals surface area (Å²) in [5, 5.41) is 9.22. The molecule has 0 bridgehead atoms. The van der Waals surface area contributed by atoms with Gasteiger partial charge in [0.1, 0.15) is 5.75 Å². The summed E-state index contributed by atoms with van der Waals surface area (Å²) in [5.41, 5.74) is 1.24. The molecular formula is C13H19NO2S. The first-order valence-corrected chi connectivity index (χ1v) is 7.51. The first kappa shape index (κ1) is 12.6. The van der Waals surface area contributed by atoms with E-state index in [0.717, 1.165) is 31.0 Å². The molecule has 1 N–H and O–H groups in total. The van der Waals surface area contributed by atoms with Gasteiger partial charge in [-0.2, -0.15) is 0 Å². The lowest BCUT2D eigenvalue weighted by atomic mass is 10.1. The molecule has 1 atom stereocenters. The van der Waals surface area contributed by atoms with E-state index in [9.17, 15) is 9.32 Å². The Morgan fingerprint density at radius 2 is 1.88 bits per heavy atom. The van der Waals surface area contributed by atoms with Crippen LogP contribution in [-0.4, -0.2) is 44.9 Å². The summed E-state index contributed by atoms with van der Waals surface area (Å²) in [5.74, 6) is 1.93. The molecule has 0 aliphatic carbocycles. The molecule has 0 aromatic heterocycles. The van der Waals surface area contributed by atoms with Crippen LogP contribution in [0.5, 0.6) is 5.75 Å². The van der Waals surface area contributed by atoms with E-state index in [4.69, 9.17) is 0 Å². The van der Waals surface area contributed by atoms with Crippen molar-refractivity contribution in [2.45, 2.75) is 19.4 Å². The highest BCUT2D eigenvalue weighted by atomic mass is 32.2. The van der Waals surface area contributed by atoms with Crippen LogP contribution < -0.4 is 0 Å². The van der Waals surface area contributed by atoms with Crippen molar-refractivity contribution in [3.05, 3.63) is 29.8 Å². The van der Waals surface area contributed by atoms with Gasteiger partial charge in [-0.25, -0.2) is 0 Å². The second-order valence-electron chi connectivity index (χ2n) is 4.60. The molecule has 1 aliphatic rings. The van der Waals surface area contributed by atoms with Crippen LogP contribution in [0.2, 0.25) is 0 Å². The summed E-state index contributed by atoms with van der Waals surface area (Å²) in [6.45, 7) is 4.08. The summed E-state index contributed by atoms with van der Waals surface area (Å²) < 4.78 is 11.3. The highest BCUT2D eigenvalue weighted by Crippen LogP contribution is 2.14. The third-order valence-corrected chi connectivity index (χ3v) is 4.58. The molecule has 1 fully saturated rings. The van der Waals surface area contributed by atoms with Crippen molar-refractivity contribution in [3.63, 3.8) is 0 Å². The van der Waals surface area contributed by atoms with E-state index < -0.39 is 10.8 Å². The average Bonchev–Trinajstić information content (AvgIpc) is 2.33. The smallest absolute Gasteiger partial charge is 0.115 e. The van der Waals surface area contributed by atoms with E-state index in [1.54, 1.807) is 12.1 Å². The first-order chi connectivity index (χ1) is 8.15. The SMILES string of the molecule is CC(Cc1ccc(O)cc1)N1CCS(=O)CC1. The van der Waals surface area contributed by atoms with Gasteiger partial charge in [-0.3, -0.25) is 9.11 Å². The minimum atomic E-state index is -0.602. The van der Waals surface area contributed by atoms with Crippen LogP contribution >= 0.6 is 0 Å². The fourth-order valence-corrected chi connectivity index (χ4v) is 3.28. The third kappa shape index (κ3) is 3.54. The summed E-state index contributed by atoms with van der Waals surface area (Å²) in [6.07, 6.45) is 0.979. The van der Waals surface area contributed by atoms with E-state index in [1.165, 1.54) is 5.56 Å². The molecule has 1 aromatic rings. The Morgan fingerprint density at radius 1 is 1.29 bits per heavy atom. The number of aromatic hydroxyl groups is 1. The van der Waals surface area contributed by atoms with Crippen molar-refractivity contribution in [3.8, 4) is 5.75 Å². The van der Waals surface area contributed by atoms with Gasteiger partial charge in [0.25, 0.3) is 0 Å². The summed E-state index contributed by atoms with van der Waals surface area (Å²) in [7, 11) is -0.602. The summed E-state index contributed by atoms with van der Waals surface area (Å²) in [4.78, 5) is 2.40. The topological polar surface area (TPSA) is 40.5 Å². The van der Waals surface area contributed by atoms with Gasteiger partial charge in [0.05, 0.1) is 0 Å². The highest BCUT2D eigenvalue weighted by Gasteiger charge is 2.19. The standard InChI is InChI=1S/C13H19NO2S/c1-11(14-6-8-17(16)9-7-14)10-12-2-4-13(15)5-3-12/h2-5,11,15H,6-10H2,1H3. The van der Waals surface area contributed by atoms with Crippen molar-refractivity contribution in [2.75, 3.05) is 24.6 Å². The average molecular weight is 253 g/mol. The van der Waals surface area contributed by atoms with Gasteiger partial charge >= 0.3 is 0 Å². The zero-order chi connectivity index (χ0) is 12.3. The lowest BCUT2D eigenvalue weighted by molar-refractivity contribution is 0.227. The minimum Gasteiger partial charge on any atom is -0.508 e. The zero-order valence-corrected chi connectivity index (χ0v) is 10.9. The number of rotatable bonds is 3. The molecule has 1 saturated heterocycles. The second kappa shape index (κ2) is 5.65. The number of hydrogen-bond acceptors (Lipinski definition) is 3. The number of nitrogens with zero attached hydrogens (tertiary/aromatic N) is 1. The van der Waals surface area contributed by atoms with Crippen molar-refractivity contribution < 1.29 is 9.32 Å². The van der Waals surface area contributed by atoms with E-state index in [1.807, 2.05) is 12.1 Å². The first-order valence-electron chi connectivity index (χ1n) is 6.02. The highest BCUT2D eigenvalue weighted by molar-refractivity contribution is 7.85. The molecule has 1 aliphatic heterocycles. The quantitative estimate of drug-likeness (QED) is 0.885. The van der Waals surface area contributed by atoms with Crippen LogP contribution in [-0.2, 0) is 17.2 Å². The summed E-state index contributed by atoms with van der Waals surface area (Å²) in [6, 6.07) is 7.86. The molecule has 4 heteroatoms. The van der Waals surface area contributed by atoms with Gasteiger partial charge in [-0.1, -0.05) is 12.1 Å². The molecule has 0 saturated carbocycles. The largest absolute Gasteiger partial charge is 0.508 e. The monoisotopic (exact) mass is 253 g/mol. The molecule has 1 aromatic carbocycles. The van der Waals surface area contributed by atoms with Crippen LogP contribution in [0.4, 0.5) is 0 Å². The van der Waals surface area contributed by atoms with Crippen LogP contribution in [0.25, 0.3) is 0 Å². The van der Waals surface area contributed by atoms with Gasteiger partial charge in [0.15, 0.2) is 0 Å². The van der Waals surface area contributed by atoms with E-state index in [2.05, 4.69) is 11.8 Å². The van der Waals surface area contributed by atoms with Crippen molar-refractivity contribution >= 4 is 10.8 Å². The van der Waals surface area contributed by atoms with Gasteiger partial charge < -0.3 is 5.11 Å². The van der Waals surface area contributed by atoms with E-state index in [0.29, 0.717) is 11.8 Å². The fraction of sp³-hybridized carbons (Fsp3) is 0.538. The Bertz CT molecular complexity index is 381. The maximum atomic E-state index is 11.3. The Kier molecular flexibility index (Phi) is 4.18. The van der Waals surface area contributed by atoms with Crippen molar-refractivity contribution in [1.29, 1.82) is 0 Å². The molecule has 2 rings (SSSR count). The van der Waals surface area contributed by atoms with Crippen molar-refractivity contribution in [2.24, 2.45) is 0 Å². The Hall–Kier alpha value is -0.870. The fourth-order valence-electron chi connectivity index (χ4n) is 2.20. The molecule has 0 spiro atoms. The maximum Gasteiger partial charge on any atom is 0.115 e. The molecule has 0 amide bonds. The molecule has 94 valence electrons. The van der Waals surface area contributed by atoms with E-state index >= 15 is 0 Å². The lowest BCUT2D eigenvalue weighted by Crippen LogP contribution is -2.43. The number of hydrogen-bond donors (Lipinski definition) is 1. The zero-order valence-electron chi connectivity index (χ0n) is 10.1. The van der Waals surface area contributed by atoms with Gasteiger partial charge in [0, 0.05) is 41.4 Å². The predicted molar refractivity (Wildman–Crippen MR) is 70.7 cm³/mol. The minimum absolute atomic E-state index is 0.315. The molecule has 3 nitrogen and oxygen atoms in total. The lowest BCUT2D eigenvalue weighted by Gasteiger charge is -2.32. The van der Waals surface area contributed by atoms with Crippen LogP contribution in [0.1, 0.15) is 12.5 Å². The third-order valence-electron chi connectivity index (χ3n) is 3.30. The normalized spacial score (nSPS) is 20.3. The second-order valence-corrected chi connectivity index (χ2v) is 6.30. The number of phenolic OH excluding ortho intramolecular Hbond substituents is 1. The Balaban J connectivity index is 1.90. The van der Waals surface area contributed by atoms with E-state index in [-0.39, 0.29) is 0 Å². The van der Waals surface area contributed by atoms with Crippen molar-refractivity contribution in [1.82, 2.24) is 4.90 Å². The van der Waals surface area contributed by atoms with Gasteiger partial charge in [0.2, 0.25) is 0 Å². The maximum absolute atomic E-state index is 11.3. The number of benzene rings is 1. The van der Waals surface area contributed by atoms with Crippen LogP contribution in [0.3, 0.4) is 0 Å². The molecule has 1 unspecified atom stereocenters. The van der Waals surface area contributed by atoms with Crippen LogP contribution in [0.15, 0.2) is 24.3 Å². The molecular weight excluding hydrogens is 234 g/mol. The van der Waals surface area contributed by atoms with Gasteiger partial charge in [-0.15, -0.1) is 0 Å². The van der Waals surface area contributed by atoms with Crippen LogP contribution in [0, 0.1) is 0 Å². The molecule has 1 heterocycles. The number of phenols is 1. The Morgan fingerprint density at radius 3 is 2.47 bits per heavy atom. The predicted octanol–water partition coefficient (Wildman–Crippen LogP) is 1.39. The molecule has 17 heavy (non-hydrogen) atoms. The van der Waals surface area contributed by atoms with Gasteiger partial charge in [-0.05, 0) is 31.0 Å². The molecule has 0 radical (unpaired) electrons.